The Morgan fingerprint density at radius 1 is 1.07 bits per heavy atom. The minimum Gasteiger partial charge on any atom is -0.492 e. The first kappa shape index (κ1) is 29.3. The van der Waals surface area contributed by atoms with E-state index in [-0.39, 0.29) is 23.3 Å². The van der Waals surface area contributed by atoms with Gasteiger partial charge >= 0.3 is 12.2 Å². The number of hydrogen-bond acceptors (Lipinski definition) is 6. The largest absolute Gasteiger partial charge is 0.492 e. The van der Waals surface area contributed by atoms with Crippen LogP contribution >= 0.6 is 0 Å². The van der Waals surface area contributed by atoms with E-state index in [4.69, 9.17) is 14.3 Å². The van der Waals surface area contributed by atoms with Crippen molar-refractivity contribution in [3.63, 3.8) is 0 Å². The van der Waals surface area contributed by atoms with E-state index in [2.05, 4.69) is 32.9 Å². The normalized spacial score (nSPS) is 17.8. The molecule has 11 heteroatoms. The molecule has 0 bridgehead atoms. The maximum atomic E-state index is 13.7. The molecule has 40 heavy (non-hydrogen) atoms. The van der Waals surface area contributed by atoms with Crippen molar-refractivity contribution in [3.05, 3.63) is 71.0 Å². The molecule has 0 aliphatic carbocycles. The first-order valence-electron chi connectivity index (χ1n) is 13.0. The molecule has 8 nitrogen and oxygen atoms in total. The predicted octanol–water partition coefficient (Wildman–Crippen LogP) is 4.73. The van der Waals surface area contributed by atoms with Crippen molar-refractivity contribution >= 4 is 11.7 Å². The first-order chi connectivity index (χ1) is 19.0. The van der Waals surface area contributed by atoms with E-state index in [0.717, 1.165) is 24.9 Å². The second kappa shape index (κ2) is 12.6. The summed E-state index contributed by atoms with van der Waals surface area (Å²) < 4.78 is 51.9. The Hall–Kier alpha value is -3.72. The van der Waals surface area contributed by atoms with Crippen molar-refractivity contribution in [3.8, 4) is 17.6 Å². The number of anilines is 1. The number of hydrogen-bond donors (Lipinski definition) is 3. The van der Waals surface area contributed by atoms with E-state index in [1.807, 2.05) is 20.8 Å². The van der Waals surface area contributed by atoms with Crippen LogP contribution in [0.25, 0.3) is 0 Å². The molecule has 2 aliphatic rings. The van der Waals surface area contributed by atoms with Crippen molar-refractivity contribution in [2.24, 2.45) is 5.41 Å². The molecule has 2 amide bonds. The van der Waals surface area contributed by atoms with Gasteiger partial charge in [-0.2, -0.15) is 13.2 Å². The van der Waals surface area contributed by atoms with Crippen molar-refractivity contribution < 1.29 is 32.3 Å². The fourth-order valence-corrected chi connectivity index (χ4v) is 3.97. The fourth-order valence-electron chi connectivity index (χ4n) is 3.97. The number of allylic oxidation sites excluding steroid dienone is 1. The van der Waals surface area contributed by atoms with Crippen LogP contribution in [0.3, 0.4) is 0 Å². The SMILES string of the molecule is CC(C)(C)C1=CC(NC(=O)Nc2ccc(C#Cc3ccc(OCCN4CCOCC4)c(C(F)(F)F)c3)cc2)NO1. The molecule has 3 N–H and O–H groups in total. The van der Waals surface area contributed by atoms with E-state index in [1.54, 1.807) is 30.3 Å². The zero-order valence-corrected chi connectivity index (χ0v) is 22.7. The number of amides is 2. The minimum atomic E-state index is -4.58. The van der Waals surface area contributed by atoms with E-state index >= 15 is 0 Å². The molecular weight excluding hydrogens is 525 g/mol. The molecule has 214 valence electrons. The molecule has 2 aliphatic heterocycles. The molecule has 4 rings (SSSR count). The van der Waals surface area contributed by atoms with Gasteiger partial charge in [0.25, 0.3) is 0 Å². The van der Waals surface area contributed by atoms with Crippen molar-refractivity contribution in [1.29, 1.82) is 0 Å². The Bertz CT molecular complexity index is 1270. The number of morpholine rings is 1. The second-order valence-electron chi connectivity index (χ2n) is 10.4. The van der Waals surface area contributed by atoms with Gasteiger partial charge in [-0.15, -0.1) is 5.48 Å². The number of nitrogens with one attached hydrogen (secondary N) is 3. The summed E-state index contributed by atoms with van der Waals surface area (Å²) in [5.41, 5.74) is 3.01. The second-order valence-corrected chi connectivity index (χ2v) is 10.4. The van der Waals surface area contributed by atoms with Crippen molar-refractivity contribution in [2.45, 2.75) is 33.1 Å². The molecule has 2 aromatic rings. The molecular formula is C29H33F3N4O4. The van der Waals surface area contributed by atoms with Crippen LogP contribution < -0.4 is 20.9 Å². The summed E-state index contributed by atoms with van der Waals surface area (Å²) in [6.07, 6.45) is -3.25. The summed E-state index contributed by atoms with van der Waals surface area (Å²) in [5, 5.41) is 5.46. The summed E-state index contributed by atoms with van der Waals surface area (Å²) in [7, 11) is 0. The summed E-state index contributed by atoms with van der Waals surface area (Å²) in [4.78, 5) is 19.8. The number of ether oxygens (including phenoxy) is 2. The lowest BCUT2D eigenvalue weighted by Gasteiger charge is -2.26. The zero-order chi connectivity index (χ0) is 28.8. The third-order valence-corrected chi connectivity index (χ3v) is 6.19. The maximum Gasteiger partial charge on any atom is 0.420 e. The van der Waals surface area contributed by atoms with Gasteiger partial charge in [0, 0.05) is 41.9 Å². The van der Waals surface area contributed by atoms with Crippen LogP contribution in [0.1, 0.15) is 37.5 Å². The highest BCUT2D eigenvalue weighted by molar-refractivity contribution is 5.89. The van der Waals surface area contributed by atoms with Crippen LogP contribution in [0.2, 0.25) is 0 Å². The van der Waals surface area contributed by atoms with E-state index in [1.165, 1.54) is 12.1 Å². The molecule has 1 fully saturated rings. The Labute approximate surface area is 231 Å². The topological polar surface area (TPSA) is 84.1 Å². The number of carbonyl (C=O) groups is 1. The smallest absolute Gasteiger partial charge is 0.420 e. The Balaban J connectivity index is 1.34. The molecule has 2 aromatic carbocycles. The number of halogens is 3. The third kappa shape index (κ3) is 8.39. The van der Waals surface area contributed by atoms with Crippen LogP contribution in [-0.2, 0) is 15.8 Å². The minimum absolute atomic E-state index is 0.145. The molecule has 1 saturated heterocycles. The molecule has 2 heterocycles. The van der Waals surface area contributed by atoms with Crippen LogP contribution in [0, 0.1) is 17.3 Å². The molecule has 0 radical (unpaired) electrons. The number of benzene rings is 2. The average molecular weight is 559 g/mol. The van der Waals surface area contributed by atoms with Crippen LogP contribution in [0.4, 0.5) is 23.7 Å². The summed E-state index contributed by atoms with van der Waals surface area (Å²) >= 11 is 0. The Kier molecular flexibility index (Phi) is 9.25. The summed E-state index contributed by atoms with van der Waals surface area (Å²) in [5.74, 6) is 6.15. The van der Waals surface area contributed by atoms with Gasteiger partial charge in [0.2, 0.25) is 0 Å². The first-order valence-corrected chi connectivity index (χ1v) is 13.0. The van der Waals surface area contributed by atoms with Gasteiger partial charge in [-0.25, -0.2) is 4.79 Å². The summed E-state index contributed by atoms with van der Waals surface area (Å²) in [6, 6.07) is 10.0. The monoisotopic (exact) mass is 558 g/mol. The predicted molar refractivity (Wildman–Crippen MR) is 144 cm³/mol. The quantitative estimate of drug-likeness (QED) is 0.445. The lowest BCUT2D eigenvalue weighted by atomic mass is 9.94. The zero-order valence-electron chi connectivity index (χ0n) is 22.7. The molecule has 0 saturated carbocycles. The highest BCUT2D eigenvalue weighted by atomic mass is 19.4. The average Bonchev–Trinajstić information content (AvgIpc) is 3.38. The third-order valence-electron chi connectivity index (χ3n) is 6.19. The van der Waals surface area contributed by atoms with Gasteiger partial charge in [-0.3, -0.25) is 4.90 Å². The lowest BCUT2D eigenvalue weighted by molar-refractivity contribution is -0.139. The highest BCUT2D eigenvalue weighted by Crippen LogP contribution is 2.37. The van der Waals surface area contributed by atoms with Crippen molar-refractivity contribution in [1.82, 2.24) is 15.7 Å². The van der Waals surface area contributed by atoms with Crippen LogP contribution in [0.15, 0.2) is 54.3 Å². The molecule has 0 spiro atoms. The van der Waals surface area contributed by atoms with Crippen molar-refractivity contribution in [2.75, 3.05) is 44.8 Å². The molecule has 1 unspecified atom stereocenters. The van der Waals surface area contributed by atoms with Crippen LogP contribution in [-0.4, -0.2) is 56.6 Å². The van der Waals surface area contributed by atoms with Gasteiger partial charge in [-0.05, 0) is 48.5 Å². The number of hydroxylamine groups is 1. The van der Waals surface area contributed by atoms with Gasteiger partial charge in [0.05, 0.1) is 18.8 Å². The summed E-state index contributed by atoms with van der Waals surface area (Å²) in [6.45, 7) is 9.36. The van der Waals surface area contributed by atoms with Crippen LogP contribution in [0.5, 0.6) is 5.75 Å². The standard InChI is InChI=1S/C29H33F3N4O4/c1-28(2,3)25-19-26(35-40-25)34-27(37)33-22-9-6-20(7-10-22)4-5-21-8-11-24(23(18-21)29(30,31)32)39-17-14-36-12-15-38-16-13-36/h6-11,18-19,26,35H,12-17H2,1-3H3,(H2,33,34,37). The van der Waals surface area contributed by atoms with Gasteiger partial charge < -0.3 is 24.9 Å². The molecule has 0 aromatic heterocycles. The number of carbonyl (C=O) groups excluding carboxylic acids is 1. The Morgan fingerprint density at radius 2 is 1.75 bits per heavy atom. The van der Waals surface area contributed by atoms with E-state index < -0.39 is 23.9 Å². The number of nitrogens with zero attached hydrogens (tertiary/aromatic N) is 1. The van der Waals surface area contributed by atoms with Gasteiger partial charge in [0.15, 0.2) is 0 Å². The van der Waals surface area contributed by atoms with E-state index in [9.17, 15) is 18.0 Å². The highest BCUT2D eigenvalue weighted by Gasteiger charge is 2.34. The van der Waals surface area contributed by atoms with Gasteiger partial charge in [0.1, 0.15) is 24.3 Å². The number of rotatable bonds is 6. The maximum absolute atomic E-state index is 13.7. The fraction of sp³-hybridized carbons (Fsp3) is 0.414. The molecule has 1 atom stereocenters. The van der Waals surface area contributed by atoms with E-state index in [0.29, 0.717) is 31.0 Å². The Morgan fingerprint density at radius 3 is 2.40 bits per heavy atom. The number of urea groups is 1. The number of alkyl halides is 3. The van der Waals surface area contributed by atoms with Gasteiger partial charge in [-0.1, -0.05) is 32.6 Å². The lowest BCUT2D eigenvalue weighted by Crippen LogP contribution is -2.43.